The lowest BCUT2D eigenvalue weighted by atomic mass is 9.98. The first-order chi connectivity index (χ1) is 13.5. The Morgan fingerprint density at radius 1 is 1.18 bits per heavy atom. The van der Waals surface area contributed by atoms with E-state index in [1.165, 1.54) is 11.8 Å². The van der Waals surface area contributed by atoms with Gasteiger partial charge < -0.3 is 9.88 Å². The molecule has 0 aliphatic carbocycles. The number of anilines is 1. The van der Waals surface area contributed by atoms with E-state index in [-0.39, 0.29) is 11.7 Å². The van der Waals surface area contributed by atoms with E-state index in [2.05, 4.69) is 40.4 Å². The van der Waals surface area contributed by atoms with Crippen molar-refractivity contribution < 1.29 is 4.79 Å². The molecule has 2 heterocycles. The molecule has 0 spiro atoms. The van der Waals surface area contributed by atoms with Crippen molar-refractivity contribution in [1.29, 1.82) is 0 Å². The van der Waals surface area contributed by atoms with Crippen LogP contribution in [0.4, 0.5) is 5.69 Å². The Balaban J connectivity index is 1.72. The summed E-state index contributed by atoms with van der Waals surface area (Å²) in [6, 6.07) is 9.92. The summed E-state index contributed by atoms with van der Waals surface area (Å²) < 4.78 is 2.01. The minimum absolute atomic E-state index is 0.0442. The summed E-state index contributed by atoms with van der Waals surface area (Å²) in [4.78, 5) is 16.6. The number of aromatic nitrogens is 4. The van der Waals surface area contributed by atoms with Crippen molar-refractivity contribution >= 4 is 23.4 Å². The SMILES string of the molecule is CCn1c(SCC(=O)Nc2c(C)cccc2C(C)C)nnc1-c1ccncc1. The van der Waals surface area contributed by atoms with Gasteiger partial charge in [-0.25, -0.2) is 0 Å². The molecule has 0 aliphatic heterocycles. The van der Waals surface area contributed by atoms with Crippen molar-refractivity contribution in [2.24, 2.45) is 0 Å². The molecule has 0 bridgehead atoms. The standard InChI is InChI=1S/C21H25N5OS/c1-5-26-20(16-9-11-22-12-10-16)24-25-21(26)28-13-18(27)23-19-15(4)7-6-8-17(19)14(2)3/h6-12,14H,5,13H2,1-4H3,(H,23,27). The molecule has 0 fully saturated rings. The summed E-state index contributed by atoms with van der Waals surface area (Å²) in [6.45, 7) is 9.04. The number of thioether (sulfide) groups is 1. The van der Waals surface area contributed by atoms with Crippen LogP contribution in [0.2, 0.25) is 0 Å². The molecule has 1 aromatic carbocycles. The van der Waals surface area contributed by atoms with E-state index in [9.17, 15) is 4.79 Å². The molecule has 0 saturated heterocycles. The molecule has 0 radical (unpaired) electrons. The van der Waals surface area contributed by atoms with E-state index >= 15 is 0 Å². The van der Waals surface area contributed by atoms with Crippen LogP contribution in [0.25, 0.3) is 11.4 Å². The fourth-order valence-electron chi connectivity index (χ4n) is 3.04. The van der Waals surface area contributed by atoms with Crippen LogP contribution in [0, 0.1) is 6.92 Å². The lowest BCUT2D eigenvalue weighted by Gasteiger charge is -2.16. The maximum Gasteiger partial charge on any atom is 0.234 e. The predicted molar refractivity (Wildman–Crippen MR) is 114 cm³/mol. The molecule has 7 heteroatoms. The number of amides is 1. The Morgan fingerprint density at radius 3 is 2.61 bits per heavy atom. The van der Waals surface area contributed by atoms with Crippen molar-refractivity contribution in [2.75, 3.05) is 11.1 Å². The first-order valence-electron chi connectivity index (χ1n) is 9.37. The fraction of sp³-hybridized carbons (Fsp3) is 0.333. The molecule has 1 N–H and O–H groups in total. The van der Waals surface area contributed by atoms with Crippen molar-refractivity contribution in [3.05, 3.63) is 53.9 Å². The van der Waals surface area contributed by atoms with Crippen molar-refractivity contribution in [3.63, 3.8) is 0 Å². The number of rotatable bonds is 7. The molecule has 3 aromatic rings. The van der Waals surface area contributed by atoms with Gasteiger partial charge in [0.1, 0.15) is 0 Å². The number of benzene rings is 1. The second-order valence-corrected chi connectivity index (χ2v) is 7.76. The fourth-order valence-corrected chi connectivity index (χ4v) is 3.85. The van der Waals surface area contributed by atoms with E-state index in [0.717, 1.165) is 39.9 Å². The highest BCUT2D eigenvalue weighted by atomic mass is 32.2. The summed E-state index contributed by atoms with van der Waals surface area (Å²) in [7, 11) is 0. The molecule has 6 nitrogen and oxygen atoms in total. The molecule has 0 saturated carbocycles. The Labute approximate surface area is 169 Å². The molecule has 1 amide bonds. The third kappa shape index (κ3) is 4.42. The van der Waals surface area contributed by atoms with Crippen LogP contribution in [0.1, 0.15) is 37.8 Å². The maximum absolute atomic E-state index is 12.6. The Morgan fingerprint density at radius 2 is 1.93 bits per heavy atom. The molecule has 3 rings (SSSR count). The Hall–Kier alpha value is -2.67. The molecule has 0 unspecified atom stereocenters. The first kappa shape index (κ1) is 20.1. The summed E-state index contributed by atoms with van der Waals surface area (Å²) >= 11 is 1.40. The molecular formula is C21H25N5OS. The molecule has 28 heavy (non-hydrogen) atoms. The quantitative estimate of drug-likeness (QED) is 0.595. The summed E-state index contributed by atoms with van der Waals surface area (Å²) in [5.41, 5.74) is 4.09. The van der Waals surface area contributed by atoms with Gasteiger partial charge in [-0.05, 0) is 43.0 Å². The van der Waals surface area contributed by atoms with Gasteiger partial charge in [-0.15, -0.1) is 10.2 Å². The topological polar surface area (TPSA) is 72.7 Å². The van der Waals surface area contributed by atoms with Gasteiger partial charge in [-0.2, -0.15) is 0 Å². The average molecular weight is 396 g/mol. The zero-order chi connectivity index (χ0) is 20.1. The zero-order valence-electron chi connectivity index (χ0n) is 16.6. The highest BCUT2D eigenvalue weighted by Gasteiger charge is 2.16. The minimum atomic E-state index is -0.0442. The summed E-state index contributed by atoms with van der Waals surface area (Å²) in [5.74, 6) is 1.36. The lowest BCUT2D eigenvalue weighted by molar-refractivity contribution is -0.113. The third-order valence-corrected chi connectivity index (χ3v) is 5.46. The van der Waals surface area contributed by atoms with Gasteiger partial charge in [0.2, 0.25) is 5.91 Å². The van der Waals surface area contributed by atoms with Crippen LogP contribution in [0.3, 0.4) is 0 Å². The average Bonchev–Trinajstić information content (AvgIpc) is 3.11. The van der Waals surface area contributed by atoms with Gasteiger partial charge in [-0.3, -0.25) is 9.78 Å². The number of nitrogens with one attached hydrogen (secondary N) is 1. The van der Waals surface area contributed by atoms with Crippen LogP contribution in [-0.4, -0.2) is 31.4 Å². The van der Waals surface area contributed by atoms with E-state index in [1.54, 1.807) is 12.4 Å². The molecule has 2 aromatic heterocycles. The van der Waals surface area contributed by atoms with E-state index in [1.807, 2.05) is 42.7 Å². The number of pyridine rings is 1. The van der Waals surface area contributed by atoms with E-state index in [0.29, 0.717) is 5.92 Å². The smallest absolute Gasteiger partial charge is 0.234 e. The highest BCUT2D eigenvalue weighted by molar-refractivity contribution is 7.99. The van der Waals surface area contributed by atoms with Crippen LogP contribution < -0.4 is 5.32 Å². The van der Waals surface area contributed by atoms with Crippen molar-refractivity contribution in [2.45, 2.75) is 45.3 Å². The van der Waals surface area contributed by atoms with E-state index in [4.69, 9.17) is 0 Å². The zero-order valence-corrected chi connectivity index (χ0v) is 17.5. The summed E-state index contributed by atoms with van der Waals surface area (Å²) in [6.07, 6.45) is 3.47. The minimum Gasteiger partial charge on any atom is -0.325 e. The number of hydrogen-bond donors (Lipinski definition) is 1. The maximum atomic E-state index is 12.6. The molecular weight excluding hydrogens is 370 g/mol. The number of carbonyl (C=O) groups is 1. The number of hydrogen-bond acceptors (Lipinski definition) is 5. The van der Waals surface area contributed by atoms with Crippen LogP contribution in [0.5, 0.6) is 0 Å². The summed E-state index contributed by atoms with van der Waals surface area (Å²) in [5, 5.41) is 12.4. The molecule has 146 valence electrons. The largest absolute Gasteiger partial charge is 0.325 e. The van der Waals surface area contributed by atoms with Crippen LogP contribution in [0.15, 0.2) is 47.9 Å². The van der Waals surface area contributed by atoms with Gasteiger partial charge >= 0.3 is 0 Å². The van der Waals surface area contributed by atoms with Crippen LogP contribution in [-0.2, 0) is 11.3 Å². The molecule has 0 atom stereocenters. The Kier molecular flexibility index (Phi) is 6.46. The van der Waals surface area contributed by atoms with Gasteiger partial charge in [0.15, 0.2) is 11.0 Å². The number of aryl methyl sites for hydroxylation is 1. The highest BCUT2D eigenvalue weighted by Crippen LogP contribution is 2.28. The first-order valence-corrected chi connectivity index (χ1v) is 10.4. The second-order valence-electron chi connectivity index (χ2n) is 6.82. The van der Waals surface area contributed by atoms with Gasteiger partial charge in [-0.1, -0.05) is 43.8 Å². The Bertz CT molecular complexity index is 953. The monoisotopic (exact) mass is 395 g/mol. The number of para-hydroxylation sites is 1. The number of carbonyl (C=O) groups excluding carboxylic acids is 1. The third-order valence-electron chi connectivity index (χ3n) is 4.50. The van der Waals surface area contributed by atoms with Crippen molar-refractivity contribution in [3.8, 4) is 11.4 Å². The number of nitrogens with zero attached hydrogens (tertiary/aromatic N) is 4. The normalized spacial score (nSPS) is 11.0. The molecule has 0 aliphatic rings. The lowest BCUT2D eigenvalue weighted by Crippen LogP contribution is -2.17. The van der Waals surface area contributed by atoms with Crippen molar-refractivity contribution in [1.82, 2.24) is 19.7 Å². The van der Waals surface area contributed by atoms with Crippen LogP contribution >= 0.6 is 11.8 Å². The predicted octanol–water partition coefficient (Wildman–Crippen LogP) is 4.52. The van der Waals surface area contributed by atoms with Gasteiger partial charge in [0.05, 0.1) is 5.75 Å². The van der Waals surface area contributed by atoms with Gasteiger partial charge in [0, 0.05) is 30.2 Å². The van der Waals surface area contributed by atoms with Gasteiger partial charge in [0.25, 0.3) is 0 Å². The van der Waals surface area contributed by atoms with E-state index < -0.39 is 0 Å². The second kappa shape index (κ2) is 9.01.